The summed E-state index contributed by atoms with van der Waals surface area (Å²) in [6, 6.07) is 2.12. The van der Waals surface area contributed by atoms with Crippen molar-refractivity contribution in [2.24, 2.45) is 5.92 Å². The van der Waals surface area contributed by atoms with E-state index < -0.39 is 0 Å². The normalized spacial score (nSPS) is 24.0. The van der Waals surface area contributed by atoms with Gasteiger partial charge in [0.1, 0.15) is 5.82 Å². The molecule has 0 aliphatic heterocycles. The Balaban J connectivity index is 2.00. The Kier molecular flexibility index (Phi) is 3.90. The van der Waals surface area contributed by atoms with Crippen LogP contribution in [0.1, 0.15) is 18.4 Å². The van der Waals surface area contributed by atoms with E-state index in [1.54, 1.807) is 0 Å². The van der Waals surface area contributed by atoms with Crippen LogP contribution in [0, 0.1) is 12.8 Å². The van der Waals surface area contributed by atoms with E-state index >= 15 is 0 Å². The fourth-order valence-corrected chi connectivity index (χ4v) is 3.71. The van der Waals surface area contributed by atoms with Gasteiger partial charge in [0.2, 0.25) is 0 Å². The van der Waals surface area contributed by atoms with Crippen molar-refractivity contribution in [2.75, 3.05) is 18.5 Å². The Morgan fingerprint density at radius 3 is 2.75 bits per heavy atom. The highest BCUT2D eigenvalue weighted by Crippen LogP contribution is 2.34. The molecule has 1 aliphatic carbocycles. The van der Waals surface area contributed by atoms with Gasteiger partial charge in [0.25, 0.3) is 0 Å². The first-order valence-corrected chi connectivity index (χ1v) is 7.24. The number of pyridine rings is 1. The average Bonchev–Trinajstić information content (AvgIpc) is 2.15. The van der Waals surface area contributed by atoms with E-state index in [0.29, 0.717) is 0 Å². The summed E-state index contributed by atoms with van der Waals surface area (Å²) in [5.41, 5.74) is 1.23. The quantitative estimate of drug-likeness (QED) is 0.774. The molecule has 1 fully saturated rings. The number of aromatic nitrogens is 1. The molecule has 0 amide bonds. The summed E-state index contributed by atoms with van der Waals surface area (Å²) in [7, 11) is 2.13. The van der Waals surface area contributed by atoms with Crippen molar-refractivity contribution >= 4 is 37.7 Å². The molecule has 1 heterocycles. The summed E-state index contributed by atoms with van der Waals surface area (Å²) in [5, 5.41) is 0. The molecule has 16 heavy (non-hydrogen) atoms. The lowest BCUT2D eigenvalue weighted by Crippen LogP contribution is -2.35. The molecule has 0 spiro atoms. The molecule has 2 nitrogen and oxygen atoms in total. The number of alkyl halides is 1. The van der Waals surface area contributed by atoms with Gasteiger partial charge in [-0.05, 0) is 53.2 Å². The molecular formula is C12H16Br2N2. The molecule has 1 saturated carbocycles. The summed E-state index contributed by atoms with van der Waals surface area (Å²) in [4.78, 5) is 7.49. The van der Waals surface area contributed by atoms with Gasteiger partial charge < -0.3 is 4.90 Å². The number of aryl methyl sites for hydroxylation is 1. The van der Waals surface area contributed by atoms with Gasteiger partial charge in [-0.1, -0.05) is 15.9 Å². The van der Waals surface area contributed by atoms with Crippen LogP contribution in [-0.4, -0.2) is 23.4 Å². The maximum absolute atomic E-state index is 4.48. The van der Waals surface area contributed by atoms with E-state index in [4.69, 9.17) is 0 Å². The maximum Gasteiger partial charge on any atom is 0.131 e. The van der Waals surface area contributed by atoms with Crippen LogP contribution in [0.15, 0.2) is 16.7 Å². The first-order chi connectivity index (χ1) is 7.56. The first-order valence-electron chi connectivity index (χ1n) is 5.53. The van der Waals surface area contributed by atoms with Crippen molar-refractivity contribution in [3.8, 4) is 0 Å². The average molecular weight is 348 g/mol. The predicted molar refractivity (Wildman–Crippen MR) is 75.4 cm³/mol. The van der Waals surface area contributed by atoms with E-state index in [1.165, 1.54) is 18.4 Å². The summed E-state index contributed by atoms with van der Waals surface area (Å²) in [6.07, 6.45) is 4.45. The predicted octanol–water partition coefficient (Wildman–Crippen LogP) is 3.76. The lowest BCUT2D eigenvalue weighted by molar-refractivity contribution is 0.338. The lowest BCUT2D eigenvalue weighted by atomic mass is 9.85. The van der Waals surface area contributed by atoms with Crippen molar-refractivity contribution in [3.63, 3.8) is 0 Å². The third-order valence-electron chi connectivity index (χ3n) is 3.09. The minimum Gasteiger partial charge on any atom is -0.359 e. The van der Waals surface area contributed by atoms with Crippen LogP contribution in [0.2, 0.25) is 0 Å². The van der Waals surface area contributed by atoms with Crippen molar-refractivity contribution in [3.05, 3.63) is 22.3 Å². The molecule has 1 aromatic rings. The van der Waals surface area contributed by atoms with Crippen molar-refractivity contribution in [2.45, 2.75) is 24.6 Å². The molecular weight excluding hydrogens is 332 g/mol. The van der Waals surface area contributed by atoms with Gasteiger partial charge in [0.05, 0.1) is 0 Å². The molecule has 0 N–H and O–H groups in total. The monoisotopic (exact) mass is 346 g/mol. The van der Waals surface area contributed by atoms with E-state index in [1.807, 2.05) is 6.20 Å². The summed E-state index contributed by atoms with van der Waals surface area (Å²) < 4.78 is 1.05. The van der Waals surface area contributed by atoms with Crippen molar-refractivity contribution < 1.29 is 0 Å². The summed E-state index contributed by atoms with van der Waals surface area (Å²) in [5.74, 6) is 1.92. The smallest absolute Gasteiger partial charge is 0.131 e. The van der Waals surface area contributed by atoms with Crippen LogP contribution in [0.5, 0.6) is 0 Å². The third kappa shape index (κ3) is 2.77. The van der Waals surface area contributed by atoms with Crippen LogP contribution in [-0.2, 0) is 0 Å². The van der Waals surface area contributed by atoms with E-state index in [-0.39, 0.29) is 0 Å². The summed E-state index contributed by atoms with van der Waals surface area (Å²) >= 11 is 7.07. The molecule has 0 unspecified atom stereocenters. The van der Waals surface area contributed by atoms with Gasteiger partial charge in [-0.15, -0.1) is 0 Å². The Labute approximate surface area is 114 Å². The fraction of sp³-hybridized carbons (Fsp3) is 0.583. The zero-order chi connectivity index (χ0) is 11.7. The minimum atomic E-state index is 0.741. The van der Waals surface area contributed by atoms with Crippen LogP contribution >= 0.6 is 31.9 Å². The van der Waals surface area contributed by atoms with Crippen molar-refractivity contribution in [1.29, 1.82) is 0 Å². The topological polar surface area (TPSA) is 16.1 Å². The second kappa shape index (κ2) is 5.05. The lowest BCUT2D eigenvalue weighted by Gasteiger charge is -2.35. The molecule has 1 aliphatic rings. The number of hydrogen-bond donors (Lipinski definition) is 0. The molecule has 4 heteroatoms. The highest BCUT2D eigenvalue weighted by molar-refractivity contribution is 9.10. The van der Waals surface area contributed by atoms with Gasteiger partial charge >= 0.3 is 0 Å². The van der Waals surface area contributed by atoms with Crippen LogP contribution in [0.4, 0.5) is 5.82 Å². The van der Waals surface area contributed by atoms with Gasteiger partial charge in [-0.3, -0.25) is 0 Å². The molecule has 0 bridgehead atoms. The van der Waals surface area contributed by atoms with Gasteiger partial charge in [-0.2, -0.15) is 0 Å². The summed E-state index contributed by atoms with van der Waals surface area (Å²) in [6.45, 7) is 3.22. The zero-order valence-corrected chi connectivity index (χ0v) is 12.8. The molecule has 0 saturated heterocycles. The Morgan fingerprint density at radius 2 is 2.19 bits per heavy atom. The SMILES string of the molecule is Cc1cc(Br)cnc1N(C)CC1CC(Br)C1. The Hall–Kier alpha value is -0.0900. The van der Waals surface area contributed by atoms with Gasteiger partial charge in [-0.25, -0.2) is 4.98 Å². The molecule has 1 aromatic heterocycles. The van der Waals surface area contributed by atoms with Crippen LogP contribution in [0.3, 0.4) is 0 Å². The van der Waals surface area contributed by atoms with Crippen LogP contribution in [0.25, 0.3) is 0 Å². The molecule has 2 rings (SSSR count). The second-order valence-corrected chi connectivity index (χ2v) is 6.82. The number of nitrogens with zero attached hydrogens (tertiary/aromatic N) is 2. The largest absolute Gasteiger partial charge is 0.359 e. The first kappa shape index (κ1) is 12.4. The Morgan fingerprint density at radius 1 is 1.50 bits per heavy atom. The number of hydrogen-bond acceptors (Lipinski definition) is 2. The van der Waals surface area contributed by atoms with Crippen LogP contribution < -0.4 is 4.90 Å². The second-order valence-electron chi connectivity index (χ2n) is 4.61. The third-order valence-corrected chi connectivity index (χ3v) is 4.27. The molecule has 88 valence electrons. The standard InChI is InChI=1S/C12H16Br2N2/c1-8-3-11(14)6-15-12(8)16(2)7-9-4-10(13)5-9/h3,6,9-10H,4-5,7H2,1-2H3. The fourth-order valence-electron chi connectivity index (χ4n) is 2.21. The van der Waals surface area contributed by atoms with E-state index in [0.717, 1.165) is 27.6 Å². The zero-order valence-electron chi connectivity index (χ0n) is 9.58. The Bertz CT molecular complexity index is 375. The van der Waals surface area contributed by atoms with E-state index in [2.05, 4.69) is 61.8 Å². The van der Waals surface area contributed by atoms with Gasteiger partial charge in [0, 0.05) is 29.1 Å². The van der Waals surface area contributed by atoms with Crippen molar-refractivity contribution in [1.82, 2.24) is 4.98 Å². The van der Waals surface area contributed by atoms with E-state index in [9.17, 15) is 0 Å². The highest BCUT2D eigenvalue weighted by Gasteiger charge is 2.28. The maximum atomic E-state index is 4.48. The number of anilines is 1. The highest BCUT2D eigenvalue weighted by atomic mass is 79.9. The van der Waals surface area contributed by atoms with Gasteiger partial charge in [0.15, 0.2) is 0 Å². The number of rotatable bonds is 3. The molecule has 0 atom stereocenters. The molecule has 0 radical (unpaired) electrons. The molecule has 0 aromatic carbocycles. The minimum absolute atomic E-state index is 0.741. The number of halogens is 2.